The van der Waals surface area contributed by atoms with Crippen molar-refractivity contribution in [2.75, 3.05) is 0 Å². The standard InChI is InChI=1S/C10H12N2/c1-7-3-4-9-6-11-8(2)5-10(9)12-7/h3-4H,5-6H2,1-2H3. The fourth-order valence-electron chi connectivity index (χ4n) is 1.45. The minimum Gasteiger partial charge on any atom is -0.289 e. The van der Waals surface area contributed by atoms with Crippen LogP contribution in [-0.2, 0) is 13.0 Å². The second kappa shape index (κ2) is 2.70. The quantitative estimate of drug-likeness (QED) is 0.569. The number of hydrogen-bond donors (Lipinski definition) is 0. The van der Waals surface area contributed by atoms with Crippen molar-refractivity contribution >= 4 is 5.71 Å². The van der Waals surface area contributed by atoms with Gasteiger partial charge in [-0.2, -0.15) is 0 Å². The highest BCUT2D eigenvalue weighted by Gasteiger charge is 2.09. The summed E-state index contributed by atoms with van der Waals surface area (Å²) >= 11 is 0. The lowest BCUT2D eigenvalue weighted by molar-refractivity contribution is 0.925. The first-order valence-electron chi connectivity index (χ1n) is 4.21. The second-order valence-corrected chi connectivity index (χ2v) is 3.29. The van der Waals surface area contributed by atoms with E-state index in [9.17, 15) is 0 Å². The summed E-state index contributed by atoms with van der Waals surface area (Å²) in [7, 11) is 0. The molecule has 62 valence electrons. The number of pyridine rings is 1. The number of nitrogens with zero attached hydrogens (tertiary/aromatic N) is 2. The lowest BCUT2D eigenvalue weighted by Crippen LogP contribution is -2.10. The van der Waals surface area contributed by atoms with E-state index in [0.717, 1.165) is 18.7 Å². The smallest absolute Gasteiger partial charge is 0.0657 e. The summed E-state index contributed by atoms with van der Waals surface area (Å²) in [6.45, 7) is 4.91. The van der Waals surface area contributed by atoms with E-state index in [1.807, 2.05) is 6.92 Å². The molecule has 0 N–H and O–H groups in total. The van der Waals surface area contributed by atoms with E-state index < -0.39 is 0 Å². The molecule has 0 radical (unpaired) electrons. The van der Waals surface area contributed by atoms with Gasteiger partial charge in [0.25, 0.3) is 0 Å². The molecule has 0 saturated carbocycles. The molecular formula is C10H12N2. The Hall–Kier alpha value is -1.18. The Labute approximate surface area is 72.4 Å². The molecule has 1 aliphatic rings. The van der Waals surface area contributed by atoms with E-state index in [0.29, 0.717) is 0 Å². The number of rotatable bonds is 0. The van der Waals surface area contributed by atoms with Crippen molar-refractivity contribution in [2.24, 2.45) is 4.99 Å². The van der Waals surface area contributed by atoms with E-state index in [-0.39, 0.29) is 0 Å². The van der Waals surface area contributed by atoms with Gasteiger partial charge in [0.15, 0.2) is 0 Å². The zero-order valence-electron chi connectivity index (χ0n) is 7.46. The van der Waals surface area contributed by atoms with E-state index in [1.54, 1.807) is 0 Å². The van der Waals surface area contributed by atoms with Crippen molar-refractivity contribution in [3.8, 4) is 0 Å². The molecule has 1 aliphatic heterocycles. The Kier molecular flexibility index (Phi) is 1.68. The molecular weight excluding hydrogens is 148 g/mol. The van der Waals surface area contributed by atoms with E-state index in [1.165, 1.54) is 17.0 Å². The Morgan fingerprint density at radius 1 is 1.25 bits per heavy atom. The van der Waals surface area contributed by atoms with E-state index >= 15 is 0 Å². The van der Waals surface area contributed by atoms with Gasteiger partial charge in [0, 0.05) is 17.8 Å². The van der Waals surface area contributed by atoms with Gasteiger partial charge in [-0.3, -0.25) is 9.98 Å². The Balaban J connectivity index is 2.43. The fourth-order valence-corrected chi connectivity index (χ4v) is 1.45. The van der Waals surface area contributed by atoms with Gasteiger partial charge in [0.2, 0.25) is 0 Å². The summed E-state index contributed by atoms with van der Waals surface area (Å²) in [5.74, 6) is 0. The monoisotopic (exact) mass is 160 g/mol. The lowest BCUT2D eigenvalue weighted by atomic mass is 10.1. The first-order chi connectivity index (χ1) is 5.75. The number of fused-ring (bicyclic) bond motifs is 1. The molecule has 0 fully saturated rings. The van der Waals surface area contributed by atoms with Crippen LogP contribution in [-0.4, -0.2) is 10.7 Å². The predicted molar refractivity (Wildman–Crippen MR) is 49.5 cm³/mol. The third kappa shape index (κ3) is 1.24. The first kappa shape index (κ1) is 7.47. The van der Waals surface area contributed by atoms with Crippen molar-refractivity contribution in [1.82, 2.24) is 4.98 Å². The Morgan fingerprint density at radius 3 is 2.92 bits per heavy atom. The van der Waals surface area contributed by atoms with Crippen LogP contribution < -0.4 is 0 Å². The molecule has 2 rings (SSSR count). The van der Waals surface area contributed by atoms with E-state index in [4.69, 9.17) is 0 Å². The molecule has 0 saturated heterocycles. The summed E-state index contributed by atoms with van der Waals surface area (Å²) in [6.07, 6.45) is 0.928. The molecule has 0 atom stereocenters. The highest BCUT2D eigenvalue weighted by atomic mass is 14.8. The van der Waals surface area contributed by atoms with Crippen LogP contribution in [0.15, 0.2) is 17.1 Å². The highest BCUT2D eigenvalue weighted by Crippen LogP contribution is 2.14. The van der Waals surface area contributed by atoms with Gasteiger partial charge in [-0.25, -0.2) is 0 Å². The van der Waals surface area contributed by atoms with Gasteiger partial charge in [-0.15, -0.1) is 0 Å². The molecule has 0 aromatic carbocycles. The van der Waals surface area contributed by atoms with Crippen LogP contribution in [0.2, 0.25) is 0 Å². The van der Waals surface area contributed by atoms with Crippen LogP contribution in [0.4, 0.5) is 0 Å². The fraction of sp³-hybridized carbons (Fsp3) is 0.400. The minimum atomic E-state index is 0.814. The SMILES string of the molecule is CC1=NCc2ccc(C)nc2C1. The van der Waals surface area contributed by atoms with Gasteiger partial charge in [0.1, 0.15) is 0 Å². The number of aryl methyl sites for hydroxylation is 1. The summed E-state index contributed by atoms with van der Waals surface area (Å²) in [5.41, 5.74) is 4.79. The van der Waals surface area contributed by atoms with Crippen molar-refractivity contribution < 1.29 is 0 Å². The molecule has 0 aliphatic carbocycles. The third-order valence-electron chi connectivity index (χ3n) is 2.15. The van der Waals surface area contributed by atoms with Crippen LogP contribution in [0.1, 0.15) is 23.9 Å². The normalized spacial score (nSPS) is 15.3. The zero-order chi connectivity index (χ0) is 8.55. The maximum absolute atomic E-state index is 4.48. The molecule has 2 heterocycles. The van der Waals surface area contributed by atoms with Gasteiger partial charge >= 0.3 is 0 Å². The second-order valence-electron chi connectivity index (χ2n) is 3.29. The van der Waals surface area contributed by atoms with Crippen LogP contribution in [0.3, 0.4) is 0 Å². The van der Waals surface area contributed by atoms with Crippen LogP contribution in [0.5, 0.6) is 0 Å². The van der Waals surface area contributed by atoms with Crippen LogP contribution >= 0.6 is 0 Å². The molecule has 2 heteroatoms. The number of hydrogen-bond acceptors (Lipinski definition) is 2. The van der Waals surface area contributed by atoms with E-state index in [2.05, 4.69) is 29.0 Å². The molecule has 1 aromatic heterocycles. The van der Waals surface area contributed by atoms with Crippen molar-refractivity contribution in [3.63, 3.8) is 0 Å². The molecule has 2 nitrogen and oxygen atoms in total. The topological polar surface area (TPSA) is 25.2 Å². The van der Waals surface area contributed by atoms with Crippen molar-refractivity contribution in [2.45, 2.75) is 26.8 Å². The predicted octanol–water partition coefficient (Wildman–Crippen LogP) is 1.91. The number of aromatic nitrogens is 1. The van der Waals surface area contributed by atoms with Crippen LogP contribution in [0.25, 0.3) is 0 Å². The number of aliphatic imine (C=N–C) groups is 1. The highest BCUT2D eigenvalue weighted by molar-refractivity contribution is 5.85. The summed E-state index contributed by atoms with van der Waals surface area (Å²) in [5, 5.41) is 0. The van der Waals surface area contributed by atoms with Crippen LogP contribution in [0, 0.1) is 6.92 Å². The maximum atomic E-state index is 4.48. The third-order valence-corrected chi connectivity index (χ3v) is 2.15. The Bertz CT molecular complexity index is 340. The first-order valence-corrected chi connectivity index (χ1v) is 4.21. The Morgan fingerprint density at radius 2 is 2.08 bits per heavy atom. The molecule has 0 amide bonds. The zero-order valence-corrected chi connectivity index (χ0v) is 7.46. The lowest BCUT2D eigenvalue weighted by Gasteiger charge is -2.12. The van der Waals surface area contributed by atoms with Gasteiger partial charge in [-0.05, 0) is 25.5 Å². The largest absolute Gasteiger partial charge is 0.289 e. The molecule has 12 heavy (non-hydrogen) atoms. The minimum absolute atomic E-state index is 0.814. The average Bonchev–Trinajstić information content (AvgIpc) is 2.03. The average molecular weight is 160 g/mol. The van der Waals surface area contributed by atoms with Gasteiger partial charge < -0.3 is 0 Å². The van der Waals surface area contributed by atoms with Crippen molar-refractivity contribution in [1.29, 1.82) is 0 Å². The molecule has 0 bridgehead atoms. The summed E-state index contributed by atoms with van der Waals surface area (Å²) in [6, 6.07) is 4.18. The summed E-state index contributed by atoms with van der Waals surface area (Å²) in [4.78, 5) is 8.86. The summed E-state index contributed by atoms with van der Waals surface area (Å²) < 4.78 is 0. The van der Waals surface area contributed by atoms with Gasteiger partial charge in [-0.1, -0.05) is 6.07 Å². The molecule has 0 spiro atoms. The maximum Gasteiger partial charge on any atom is 0.0657 e. The molecule has 1 aromatic rings. The van der Waals surface area contributed by atoms with Crippen molar-refractivity contribution in [3.05, 3.63) is 29.1 Å². The van der Waals surface area contributed by atoms with Gasteiger partial charge in [0.05, 0.1) is 12.2 Å². The molecule has 0 unspecified atom stereocenters.